The molecule has 1 N–H and O–H groups in total. The summed E-state index contributed by atoms with van der Waals surface area (Å²) >= 11 is 11.9. The third-order valence-corrected chi connectivity index (χ3v) is 2.82. The molecule has 0 saturated heterocycles. The number of ether oxygens (including phenoxy) is 1. The summed E-state index contributed by atoms with van der Waals surface area (Å²) in [6.45, 7) is 0. The lowest BCUT2D eigenvalue weighted by Crippen LogP contribution is -1.89. The van der Waals surface area contributed by atoms with Crippen LogP contribution in [0.4, 0.5) is 0 Å². The molecule has 0 aliphatic carbocycles. The Morgan fingerprint density at radius 1 is 1.25 bits per heavy atom. The molecule has 0 aliphatic rings. The molecule has 4 nitrogen and oxygen atoms in total. The van der Waals surface area contributed by atoms with E-state index in [1.807, 2.05) is 0 Å². The molecule has 0 atom stereocenters. The molecule has 20 heavy (non-hydrogen) atoms. The number of carboxylic acids is 1. The minimum Gasteiger partial charge on any atom is -0.478 e. The average molecular weight is 310 g/mol. The highest BCUT2D eigenvalue weighted by Gasteiger charge is 2.05. The maximum atomic E-state index is 10.5. The Hall–Kier alpha value is -2.04. The SMILES string of the molecule is O=C(O)/C=C/c1cncc(Oc2cc(Cl)ccc2Cl)c1. The molecule has 0 saturated carbocycles. The lowest BCUT2D eigenvalue weighted by atomic mass is 10.2. The fourth-order valence-electron chi connectivity index (χ4n) is 1.43. The van der Waals surface area contributed by atoms with Crippen LogP contribution in [0.25, 0.3) is 6.08 Å². The van der Waals surface area contributed by atoms with Crippen molar-refractivity contribution in [2.45, 2.75) is 0 Å². The highest BCUT2D eigenvalue weighted by molar-refractivity contribution is 6.34. The van der Waals surface area contributed by atoms with Gasteiger partial charge in [-0.25, -0.2) is 4.79 Å². The number of aliphatic carboxylic acids is 1. The van der Waals surface area contributed by atoms with Crippen molar-refractivity contribution >= 4 is 35.2 Å². The fourth-order valence-corrected chi connectivity index (χ4v) is 1.75. The smallest absolute Gasteiger partial charge is 0.328 e. The van der Waals surface area contributed by atoms with E-state index in [9.17, 15) is 4.79 Å². The molecule has 1 aromatic carbocycles. The molecule has 102 valence electrons. The Bertz CT molecular complexity index is 671. The highest BCUT2D eigenvalue weighted by Crippen LogP contribution is 2.31. The number of pyridine rings is 1. The molecular weight excluding hydrogens is 301 g/mol. The molecule has 2 aromatic rings. The first kappa shape index (κ1) is 14.4. The number of carbonyl (C=O) groups is 1. The summed E-state index contributed by atoms with van der Waals surface area (Å²) in [5, 5.41) is 9.49. The Morgan fingerprint density at radius 3 is 2.80 bits per heavy atom. The predicted octanol–water partition coefficient (Wildman–Crippen LogP) is 4.28. The zero-order valence-electron chi connectivity index (χ0n) is 10.1. The Morgan fingerprint density at radius 2 is 2.05 bits per heavy atom. The Labute approximate surface area is 125 Å². The number of aromatic nitrogens is 1. The molecule has 6 heteroatoms. The van der Waals surface area contributed by atoms with Crippen molar-refractivity contribution in [1.82, 2.24) is 4.98 Å². The third-order valence-electron chi connectivity index (χ3n) is 2.27. The van der Waals surface area contributed by atoms with E-state index in [0.717, 1.165) is 6.08 Å². The average Bonchev–Trinajstić information content (AvgIpc) is 2.41. The molecule has 0 spiro atoms. The van der Waals surface area contributed by atoms with Gasteiger partial charge in [-0.2, -0.15) is 0 Å². The van der Waals surface area contributed by atoms with Gasteiger partial charge >= 0.3 is 5.97 Å². The molecule has 0 fully saturated rings. The monoisotopic (exact) mass is 309 g/mol. The molecule has 1 heterocycles. The van der Waals surface area contributed by atoms with Crippen molar-refractivity contribution < 1.29 is 14.6 Å². The Balaban J connectivity index is 2.23. The van der Waals surface area contributed by atoms with Crippen LogP contribution in [0, 0.1) is 0 Å². The maximum Gasteiger partial charge on any atom is 0.328 e. The Kier molecular flexibility index (Phi) is 4.61. The lowest BCUT2D eigenvalue weighted by Gasteiger charge is -2.08. The second-order valence-corrected chi connectivity index (χ2v) is 4.65. The normalized spacial score (nSPS) is 10.7. The van der Waals surface area contributed by atoms with Crippen molar-refractivity contribution in [3.05, 3.63) is 58.3 Å². The summed E-state index contributed by atoms with van der Waals surface area (Å²) < 4.78 is 5.58. The minimum absolute atomic E-state index is 0.403. The van der Waals surface area contributed by atoms with Gasteiger partial charge in [0, 0.05) is 23.4 Å². The van der Waals surface area contributed by atoms with Gasteiger partial charge in [0.1, 0.15) is 11.5 Å². The molecule has 0 radical (unpaired) electrons. The third kappa shape index (κ3) is 3.98. The summed E-state index contributed by atoms with van der Waals surface area (Å²) in [6, 6.07) is 6.51. The zero-order valence-corrected chi connectivity index (χ0v) is 11.6. The van der Waals surface area contributed by atoms with Gasteiger partial charge in [-0.1, -0.05) is 23.2 Å². The molecular formula is C14H9Cl2NO3. The zero-order chi connectivity index (χ0) is 14.5. The van der Waals surface area contributed by atoms with Crippen molar-refractivity contribution in [3.63, 3.8) is 0 Å². The van der Waals surface area contributed by atoms with Gasteiger partial charge in [0.15, 0.2) is 0 Å². The first-order chi connectivity index (χ1) is 9.54. The van der Waals surface area contributed by atoms with Crippen molar-refractivity contribution in [3.8, 4) is 11.5 Å². The number of halogens is 2. The predicted molar refractivity (Wildman–Crippen MR) is 77.4 cm³/mol. The van der Waals surface area contributed by atoms with Gasteiger partial charge in [0.25, 0.3) is 0 Å². The van der Waals surface area contributed by atoms with Crippen LogP contribution in [-0.4, -0.2) is 16.1 Å². The van der Waals surface area contributed by atoms with E-state index >= 15 is 0 Å². The maximum absolute atomic E-state index is 10.5. The summed E-state index contributed by atoms with van der Waals surface area (Å²) in [6.07, 6.45) is 5.45. The fraction of sp³-hybridized carbons (Fsp3) is 0. The molecule has 0 unspecified atom stereocenters. The molecule has 0 aliphatic heterocycles. The van der Waals surface area contributed by atoms with Crippen LogP contribution < -0.4 is 4.74 Å². The first-order valence-electron chi connectivity index (χ1n) is 5.53. The van der Waals surface area contributed by atoms with Gasteiger partial charge in [0.2, 0.25) is 0 Å². The number of rotatable bonds is 4. The van der Waals surface area contributed by atoms with E-state index < -0.39 is 5.97 Å². The molecule has 2 rings (SSSR count). The van der Waals surface area contributed by atoms with Gasteiger partial charge in [-0.15, -0.1) is 0 Å². The van der Waals surface area contributed by atoms with Crippen molar-refractivity contribution in [1.29, 1.82) is 0 Å². The standard InChI is InChI=1S/C14H9Cl2NO3/c15-10-2-3-12(16)13(6-10)20-11-5-9(7-17-8-11)1-4-14(18)19/h1-8H,(H,18,19)/b4-1+. The number of nitrogens with zero attached hydrogens (tertiary/aromatic N) is 1. The van der Waals surface area contributed by atoms with E-state index in [1.54, 1.807) is 24.3 Å². The number of benzene rings is 1. The van der Waals surface area contributed by atoms with Gasteiger partial charge in [-0.3, -0.25) is 4.98 Å². The van der Waals surface area contributed by atoms with E-state index in [4.69, 9.17) is 33.0 Å². The van der Waals surface area contributed by atoms with Gasteiger partial charge < -0.3 is 9.84 Å². The largest absolute Gasteiger partial charge is 0.478 e. The number of hydrogen-bond donors (Lipinski definition) is 1. The van der Waals surface area contributed by atoms with Crippen LogP contribution >= 0.6 is 23.2 Å². The minimum atomic E-state index is -1.03. The van der Waals surface area contributed by atoms with Crippen LogP contribution in [-0.2, 0) is 4.79 Å². The first-order valence-corrected chi connectivity index (χ1v) is 6.29. The summed E-state index contributed by atoms with van der Waals surface area (Å²) in [4.78, 5) is 14.4. The quantitative estimate of drug-likeness (QED) is 0.856. The lowest BCUT2D eigenvalue weighted by molar-refractivity contribution is -0.131. The number of hydrogen-bond acceptors (Lipinski definition) is 3. The second-order valence-electron chi connectivity index (χ2n) is 3.80. The highest BCUT2D eigenvalue weighted by atomic mass is 35.5. The van der Waals surface area contributed by atoms with Crippen molar-refractivity contribution in [2.75, 3.05) is 0 Å². The van der Waals surface area contributed by atoms with Crippen LogP contribution in [0.5, 0.6) is 11.5 Å². The van der Waals surface area contributed by atoms with Crippen LogP contribution in [0.2, 0.25) is 10.0 Å². The van der Waals surface area contributed by atoms with Crippen LogP contribution in [0.1, 0.15) is 5.56 Å². The van der Waals surface area contributed by atoms with Crippen molar-refractivity contribution in [2.24, 2.45) is 0 Å². The van der Waals surface area contributed by atoms with E-state index in [0.29, 0.717) is 27.1 Å². The molecule has 0 amide bonds. The van der Waals surface area contributed by atoms with Crippen LogP contribution in [0.3, 0.4) is 0 Å². The summed E-state index contributed by atoms with van der Waals surface area (Å²) in [5.74, 6) is -0.198. The molecule has 0 bridgehead atoms. The van der Waals surface area contributed by atoms with E-state index in [1.165, 1.54) is 18.5 Å². The van der Waals surface area contributed by atoms with E-state index in [-0.39, 0.29) is 0 Å². The molecule has 1 aromatic heterocycles. The topological polar surface area (TPSA) is 59.4 Å². The number of carboxylic acid groups (broad SMARTS) is 1. The second kappa shape index (κ2) is 6.41. The summed E-state index contributed by atoms with van der Waals surface area (Å²) in [7, 11) is 0. The van der Waals surface area contributed by atoms with Gasteiger partial charge in [0.05, 0.1) is 11.2 Å². The van der Waals surface area contributed by atoms with Crippen LogP contribution in [0.15, 0.2) is 42.7 Å². The van der Waals surface area contributed by atoms with E-state index in [2.05, 4.69) is 4.98 Å². The summed E-state index contributed by atoms with van der Waals surface area (Å²) in [5.41, 5.74) is 0.600. The van der Waals surface area contributed by atoms with Gasteiger partial charge in [-0.05, 0) is 29.8 Å².